The van der Waals surface area contributed by atoms with E-state index in [4.69, 9.17) is 4.74 Å². The molecule has 3 unspecified atom stereocenters. The van der Waals surface area contributed by atoms with Crippen LogP contribution in [0.2, 0.25) is 0 Å². The highest BCUT2D eigenvalue weighted by molar-refractivity contribution is 5.68. The van der Waals surface area contributed by atoms with E-state index in [0.717, 1.165) is 25.8 Å². The quantitative estimate of drug-likeness (QED) is 0.834. The minimum atomic E-state index is -0.423. The van der Waals surface area contributed by atoms with Gasteiger partial charge in [0, 0.05) is 24.7 Å². The van der Waals surface area contributed by atoms with Crippen molar-refractivity contribution in [1.29, 1.82) is 0 Å². The lowest BCUT2D eigenvalue weighted by Crippen LogP contribution is -2.41. The molecule has 1 aliphatic heterocycles. The number of ether oxygens (including phenoxy) is 1. The van der Waals surface area contributed by atoms with Gasteiger partial charge in [-0.2, -0.15) is 0 Å². The summed E-state index contributed by atoms with van der Waals surface area (Å²) in [7, 11) is 2.21. The largest absolute Gasteiger partial charge is 0.444 e. The van der Waals surface area contributed by atoms with Gasteiger partial charge < -0.3 is 20.3 Å². The lowest BCUT2D eigenvalue weighted by molar-refractivity contribution is 0.0505. The fourth-order valence-electron chi connectivity index (χ4n) is 3.31. The van der Waals surface area contributed by atoms with Gasteiger partial charge in [-0.15, -0.1) is 0 Å². The van der Waals surface area contributed by atoms with Crippen molar-refractivity contribution >= 4 is 6.09 Å². The summed E-state index contributed by atoms with van der Waals surface area (Å²) in [6.07, 6.45) is 5.51. The van der Waals surface area contributed by atoms with Crippen LogP contribution in [0, 0.1) is 0 Å². The molecule has 5 heteroatoms. The van der Waals surface area contributed by atoms with E-state index in [0.29, 0.717) is 12.1 Å². The van der Waals surface area contributed by atoms with E-state index < -0.39 is 5.60 Å². The molecule has 0 bridgehead atoms. The topological polar surface area (TPSA) is 53.6 Å². The molecule has 1 heterocycles. The van der Waals surface area contributed by atoms with E-state index in [-0.39, 0.29) is 12.1 Å². The number of hydrogen-bond acceptors (Lipinski definition) is 4. The average molecular weight is 297 g/mol. The summed E-state index contributed by atoms with van der Waals surface area (Å²) in [6.45, 7) is 7.97. The molecule has 21 heavy (non-hydrogen) atoms. The van der Waals surface area contributed by atoms with Gasteiger partial charge in [-0.3, -0.25) is 0 Å². The standard InChI is InChI=1S/C16H31N3O2/c1-16(2,3)21-15(20)18-13-8-7-12(10-13)17-11-14-6-5-9-19(14)4/h12-14,17H,5-11H2,1-4H3,(H,18,20). The fourth-order valence-corrected chi connectivity index (χ4v) is 3.31. The molecule has 0 spiro atoms. The smallest absolute Gasteiger partial charge is 0.407 e. The first-order valence-corrected chi connectivity index (χ1v) is 8.26. The van der Waals surface area contributed by atoms with Crippen molar-refractivity contribution in [2.75, 3.05) is 20.1 Å². The van der Waals surface area contributed by atoms with Crippen molar-refractivity contribution in [2.24, 2.45) is 0 Å². The number of hydrogen-bond donors (Lipinski definition) is 2. The van der Waals surface area contributed by atoms with Crippen LogP contribution in [0.5, 0.6) is 0 Å². The predicted octanol–water partition coefficient (Wildman–Crippen LogP) is 2.12. The van der Waals surface area contributed by atoms with Gasteiger partial charge >= 0.3 is 6.09 Å². The Labute approximate surface area is 128 Å². The molecule has 0 aromatic rings. The van der Waals surface area contributed by atoms with Gasteiger partial charge in [0.25, 0.3) is 0 Å². The van der Waals surface area contributed by atoms with Crippen LogP contribution in [0.4, 0.5) is 4.79 Å². The van der Waals surface area contributed by atoms with Crippen molar-refractivity contribution < 1.29 is 9.53 Å². The van der Waals surface area contributed by atoms with Crippen molar-refractivity contribution in [3.8, 4) is 0 Å². The van der Waals surface area contributed by atoms with E-state index in [1.54, 1.807) is 0 Å². The van der Waals surface area contributed by atoms with Crippen molar-refractivity contribution in [3.05, 3.63) is 0 Å². The lowest BCUT2D eigenvalue weighted by atomic mass is 10.2. The van der Waals surface area contributed by atoms with Gasteiger partial charge in [-0.05, 0) is 66.5 Å². The summed E-state index contributed by atoms with van der Waals surface area (Å²) in [5, 5.41) is 6.66. The van der Waals surface area contributed by atoms with Crippen molar-refractivity contribution in [2.45, 2.75) is 76.6 Å². The second-order valence-electron chi connectivity index (χ2n) is 7.54. The number of likely N-dealkylation sites (N-methyl/N-ethyl adjacent to an activating group) is 1. The Morgan fingerprint density at radius 3 is 2.57 bits per heavy atom. The maximum absolute atomic E-state index is 11.8. The van der Waals surface area contributed by atoms with E-state index >= 15 is 0 Å². The van der Waals surface area contributed by atoms with Gasteiger partial charge in [0.1, 0.15) is 5.60 Å². The van der Waals surface area contributed by atoms with Crippen LogP contribution in [0.3, 0.4) is 0 Å². The fraction of sp³-hybridized carbons (Fsp3) is 0.938. The first-order valence-electron chi connectivity index (χ1n) is 8.26. The van der Waals surface area contributed by atoms with Crippen LogP contribution < -0.4 is 10.6 Å². The Kier molecular flexibility index (Phi) is 5.49. The van der Waals surface area contributed by atoms with E-state index in [2.05, 4.69) is 22.6 Å². The molecule has 0 aromatic heterocycles. The Bertz CT molecular complexity index is 354. The van der Waals surface area contributed by atoms with Crippen LogP contribution in [0.25, 0.3) is 0 Å². The van der Waals surface area contributed by atoms with Gasteiger partial charge in [0.2, 0.25) is 0 Å². The molecule has 1 saturated heterocycles. The third kappa shape index (κ3) is 5.47. The predicted molar refractivity (Wildman–Crippen MR) is 84.5 cm³/mol. The molecule has 3 atom stereocenters. The minimum absolute atomic E-state index is 0.249. The highest BCUT2D eigenvalue weighted by Gasteiger charge is 2.29. The zero-order valence-corrected chi connectivity index (χ0v) is 13.9. The monoisotopic (exact) mass is 297 g/mol. The molecule has 1 aliphatic carbocycles. The van der Waals surface area contributed by atoms with Gasteiger partial charge in [-0.25, -0.2) is 4.79 Å². The summed E-state index contributed by atoms with van der Waals surface area (Å²) in [5.74, 6) is 0. The highest BCUT2D eigenvalue weighted by atomic mass is 16.6. The Hall–Kier alpha value is -0.810. The van der Waals surface area contributed by atoms with E-state index in [9.17, 15) is 4.79 Å². The molecule has 1 amide bonds. The Balaban J connectivity index is 1.65. The van der Waals surface area contributed by atoms with Crippen LogP contribution >= 0.6 is 0 Å². The number of nitrogens with one attached hydrogen (secondary N) is 2. The highest BCUT2D eigenvalue weighted by Crippen LogP contribution is 2.21. The van der Waals surface area contributed by atoms with Crippen LogP contribution in [0.1, 0.15) is 52.9 Å². The molecule has 5 nitrogen and oxygen atoms in total. The third-order valence-corrected chi connectivity index (χ3v) is 4.47. The summed E-state index contributed by atoms with van der Waals surface area (Å²) in [5.41, 5.74) is -0.423. The molecule has 2 aliphatic rings. The molecular weight excluding hydrogens is 266 g/mol. The molecule has 0 radical (unpaired) electrons. The van der Waals surface area contributed by atoms with Crippen LogP contribution in [0.15, 0.2) is 0 Å². The van der Waals surface area contributed by atoms with E-state index in [1.807, 2.05) is 20.8 Å². The number of nitrogens with zero attached hydrogens (tertiary/aromatic N) is 1. The lowest BCUT2D eigenvalue weighted by Gasteiger charge is -2.23. The number of likely N-dealkylation sites (tertiary alicyclic amines) is 1. The van der Waals surface area contributed by atoms with Crippen molar-refractivity contribution in [3.63, 3.8) is 0 Å². The minimum Gasteiger partial charge on any atom is -0.444 e. The van der Waals surface area contributed by atoms with E-state index in [1.165, 1.54) is 19.4 Å². The van der Waals surface area contributed by atoms with Gasteiger partial charge in [0.15, 0.2) is 0 Å². The van der Waals surface area contributed by atoms with Gasteiger partial charge in [0.05, 0.1) is 0 Å². The first-order chi connectivity index (χ1) is 9.83. The molecule has 2 fully saturated rings. The molecule has 0 aromatic carbocycles. The summed E-state index contributed by atoms with van der Waals surface area (Å²) in [4.78, 5) is 14.2. The number of alkyl carbamates (subject to hydrolysis) is 1. The number of rotatable bonds is 4. The average Bonchev–Trinajstić information content (AvgIpc) is 2.93. The molecule has 2 N–H and O–H groups in total. The number of carbonyl (C=O) groups is 1. The van der Waals surface area contributed by atoms with Crippen LogP contribution in [-0.2, 0) is 4.74 Å². The van der Waals surface area contributed by atoms with Gasteiger partial charge in [-0.1, -0.05) is 0 Å². The molecular formula is C16H31N3O2. The number of amides is 1. The SMILES string of the molecule is CN1CCCC1CNC1CCC(NC(=O)OC(C)(C)C)C1. The second-order valence-corrected chi connectivity index (χ2v) is 7.54. The second kappa shape index (κ2) is 6.97. The summed E-state index contributed by atoms with van der Waals surface area (Å²) < 4.78 is 5.31. The normalized spacial score (nSPS) is 30.6. The summed E-state index contributed by atoms with van der Waals surface area (Å²) in [6, 6.07) is 1.46. The summed E-state index contributed by atoms with van der Waals surface area (Å²) >= 11 is 0. The number of carbonyl (C=O) groups excluding carboxylic acids is 1. The Morgan fingerprint density at radius 1 is 1.24 bits per heavy atom. The molecule has 1 saturated carbocycles. The van der Waals surface area contributed by atoms with Crippen LogP contribution in [-0.4, -0.2) is 54.9 Å². The first kappa shape index (κ1) is 16.6. The zero-order valence-electron chi connectivity index (χ0n) is 13.9. The Morgan fingerprint density at radius 2 is 1.95 bits per heavy atom. The zero-order chi connectivity index (χ0) is 15.5. The molecule has 122 valence electrons. The van der Waals surface area contributed by atoms with Crippen molar-refractivity contribution in [1.82, 2.24) is 15.5 Å². The maximum atomic E-state index is 11.8. The maximum Gasteiger partial charge on any atom is 0.407 e. The molecule has 2 rings (SSSR count). The third-order valence-electron chi connectivity index (χ3n) is 4.47.